The zero-order valence-electron chi connectivity index (χ0n) is 35.3. The normalized spacial score (nSPS) is 14.4. The summed E-state index contributed by atoms with van der Waals surface area (Å²) in [7, 11) is 0. The van der Waals surface area contributed by atoms with E-state index in [2.05, 4.69) is 202 Å². The minimum absolute atomic E-state index is 0.246. The van der Waals surface area contributed by atoms with Crippen molar-refractivity contribution in [2.45, 2.75) is 93.9 Å². The molecule has 0 N–H and O–H groups in total. The molecular formula is C54H54N2. The van der Waals surface area contributed by atoms with Crippen LogP contribution >= 0.6 is 0 Å². The quantitative estimate of drug-likeness (QED) is 0.168. The van der Waals surface area contributed by atoms with E-state index in [1.54, 1.807) is 0 Å². The number of hydrogen-bond donors (Lipinski definition) is 0. The second-order valence-corrected chi connectivity index (χ2v) is 18.0. The number of rotatable bonds is 6. The van der Waals surface area contributed by atoms with E-state index in [9.17, 15) is 0 Å². The van der Waals surface area contributed by atoms with Crippen molar-refractivity contribution >= 4 is 44.9 Å². The lowest BCUT2D eigenvalue weighted by atomic mass is 9.68. The highest BCUT2D eigenvalue weighted by Crippen LogP contribution is 2.62. The lowest BCUT2D eigenvalue weighted by Gasteiger charge is -2.38. The van der Waals surface area contributed by atoms with E-state index in [1.165, 1.54) is 123 Å². The van der Waals surface area contributed by atoms with Crippen molar-refractivity contribution < 1.29 is 0 Å². The number of hydrogen-bond acceptors (Lipinski definition) is 2. The lowest BCUT2D eigenvalue weighted by molar-refractivity contribution is 0.639. The summed E-state index contributed by atoms with van der Waals surface area (Å²) >= 11 is 0. The van der Waals surface area contributed by atoms with Gasteiger partial charge < -0.3 is 9.80 Å². The Morgan fingerprint density at radius 3 is 1.18 bits per heavy atom. The molecule has 0 aliphatic heterocycles. The van der Waals surface area contributed by atoms with Crippen molar-refractivity contribution in [1.82, 2.24) is 0 Å². The average molecular weight is 731 g/mol. The molecule has 7 aromatic carbocycles. The van der Waals surface area contributed by atoms with Gasteiger partial charge >= 0.3 is 0 Å². The van der Waals surface area contributed by atoms with Gasteiger partial charge in [0.2, 0.25) is 0 Å². The maximum Gasteiger partial charge on any atom is 0.0543 e. The molecule has 0 aromatic heterocycles. The van der Waals surface area contributed by atoms with Crippen LogP contribution in [0.4, 0.5) is 34.1 Å². The Labute approximate surface area is 334 Å². The lowest BCUT2D eigenvalue weighted by Crippen LogP contribution is -2.25. The highest BCUT2D eigenvalue weighted by molar-refractivity contribution is 6.14. The molecule has 0 heterocycles. The van der Waals surface area contributed by atoms with Gasteiger partial charge in [0.1, 0.15) is 0 Å². The summed E-state index contributed by atoms with van der Waals surface area (Å²) in [5.74, 6) is 0. The number of aryl methyl sites for hydroxylation is 8. The van der Waals surface area contributed by atoms with E-state index in [-0.39, 0.29) is 10.8 Å². The van der Waals surface area contributed by atoms with Gasteiger partial charge in [-0.05, 0) is 159 Å². The Bertz CT molecular complexity index is 2690. The summed E-state index contributed by atoms with van der Waals surface area (Å²) < 4.78 is 0. The van der Waals surface area contributed by atoms with Gasteiger partial charge in [-0.3, -0.25) is 0 Å². The standard InChI is InChI=1S/C54H54N2/c1-31-16-20-45(35(5)24-31)55(46-21-17-32(2)25-36(46)6)39-28-42-51-43(29-39)54(11,12)44-30-49(40-14-13-15-41(53(42,9)10)50(40)52(44)51)56(47-22-18-33(3)26-37(47)7)48-23-19-34(4)27-38(48)8/h13-30H,1-12H3. The van der Waals surface area contributed by atoms with Crippen LogP contribution in [0.2, 0.25) is 0 Å². The van der Waals surface area contributed by atoms with Gasteiger partial charge in [0.15, 0.2) is 0 Å². The zero-order valence-corrected chi connectivity index (χ0v) is 35.3. The Morgan fingerprint density at radius 2 is 0.750 bits per heavy atom. The molecule has 0 saturated heterocycles. The second kappa shape index (κ2) is 12.5. The summed E-state index contributed by atoms with van der Waals surface area (Å²) in [5, 5.41) is 2.71. The van der Waals surface area contributed by atoms with Crippen LogP contribution < -0.4 is 9.80 Å². The van der Waals surface area contributed by atoms with Crippen LogP contribution in [0.1, 0.15) is 94.5 Å². The van der Waals surface area contributed by atoms with Gasteiger partial charge in [-0.1, -0.05) is 117 Å². The smallest absolute Gasteiger partial charge is 0.0543 e. The third kappa shape index (κ3) is 5.22. The van der Waals surface area contributed by atoms with Crippen molar-refractivity contribution in [1.29, 1.82) is 0 Å². The van der Waals surface area contributed by atoms with E-state index < -0.39 is 0 Å². The monoisotopic (exact) mass is 730 g/mol. The highest BCUT2D eigenvalue weighted by atomic mass is 15.2. The number of benzene rings is 7. The van der Waals surface area contributed by atoms with Crippen LogP contribution in [-0.2, 0) is 10.8 Å². The van der Waals surface area contributed by atoms with E-state index in [1.807, 2.05) is 0 Å². The molecule has 0 atom stereocenters. The summed E-state index contributed by atoms with van der Waals surface area (Å²) in [4.78, 5) is 5.08. The molecule has 280 valence electrons. The molecule has 2 aliphatic carbocycles. The van der Waals surface area contributed by atoms with Crippen molar-refractivity contribution in [3.8, 4) is 11.1 Å². The van der Waals surface area contributed by atoms with E-state index in [4.69, 9.17) is 0 Å². The largest absolute Gasteiger partial charge is 0.310 e. The van der Waals surface area contributed by atoms with Gasteiger partial charge in [-0.2, -0.15) is 0 Å². The van der Waals surface area contributed by atoms with E-state index in [0.717, 1.165) is 0 Å². The van der Waals surface area contributed by atoms with Crippen LogP contribution in [0, 0.1) is 55.4 Å². The van der Waals surface area contributed by atoms with Gasteiger partial charge in [-0.15, -0.1) is 0 Å². The molecule has 2 aliphatic rings. The Kier molecular flexibility index (Phi) is 8.02. The van der Waals surface area contributed by atoms with Crippen molar-refractivity contribution in [3.05, 3.63) is 176 Å². The number of anilines is 6. The molecule has 0 radical (unpaired) electrons. The van der Waals surface area contributed by atoms with Crippen molar-refractivity contribution in [2.24, 2.45) is 0 Å². The molecule has 7 aromatic rings. The summed E-state index contributed by atoms with van der Waals surface area (Å²) in [6.45, 7) is 27.6. The van der Waals surface area contributed by atoms with Crippen LogP contribution in [0.3, 0.4) is 0 Å². The second-order valence-electron chi connectivity index (χ2n) is 18.0. The first-order valence-electron chi connectivity index (χ1n) is 20.3. The molecule has 0 saturated carbocycles. The Hall–Kier alpha value is -5.60. The van der Waals surface area contributed by atoms with Crippen molar-refractivity contribution in [3.63, 3.8) is 0 Å². The zero-order chi connectivity index (χ0) is 39.6. The molecule has 56 heavy (non-hydrogen) atoms. The van der Waals surface area contributed by atoms with Gasteiger partial charge in [0.25, 0.3) is 0 Å². The Balaban J connectivity index is 1.36. The molecule has 0 unspecified atom stereocenters. The van der Waals surface area contributed by atoms with Crippen LogP contribution in [0.5, 0.6) is 0 Å². The molecule has 2 nitrogen and oxygen atoms in total. The van der Waals surface area contributed by atoms with E-state index in [0.29, 0.717) is 0 Å². The first-order chi connectivity index (χ1) is 26.6. The molecule has 9 rings (SSSR count). The third-order valence-corrected chi connectivity index (χ3v) is 13.1. The fourth-order valence-electron chi connectivity index (χ4n) is 10.2. The third-order valence-electron chi connectivity index (χ3n) is 13.1. The first kappa shape index (κ1) is 36.1. The molecule has 2 heteroatoms. The topological polar surface area (TPSA) is 6.48 Å². The summed E-state index contributed by atoms with van der Waals surface area (Å²) in [5.41, 5.74) is 25.5. The van der Waals surface area contributed by atoms with Crippen LogP contribution in [-0.4, -0.2) is 0 Å². The van der Waals surface area contributed by atoms with Crippen LogP contribution in [0.15, 0.2) is 109 Å². The van der Waals surface area contributed by atoms with Gasteiger partial charge in [0, 0.05) is 44.7 Å². The average Bonchev–Trinajstić information content (AvgIpc) is 3.36. The maximum atomic E-state index is 2.55. The molecular weight excluding hydrogens is 677 g/mol. The summed E-state index contributed by atoms with van der Waals surface area (Å²) in [6, 6.07) is 42.3. The molecule has 0 amide bonds. The van der Waals surface area contributed by atoms with Gasteiger partial charge in [0.05, 0.1) is 5.69 Å². The number of nitrogens with zero attached hydrogens (tertiary/aromatic N) is 2. The maximum absolute atomic E-state index is 2.55. The predicted molar refractivity (Wildman–Crippen MR) is 241 cm³/mol. The van der Waals surface area contributed by atoms with Crippen molar-refractivity contribution in [2.75, 3.05) is 9.80 Å². The molecule has 0 bridgehead atoms. The minimum Gasteiger partial charge on any atom is -0.310 e. The van der Waals surface area contributed by atoms with Crippen LogP contribution in [0.25, 0.3) is 21.9 Å². The SMILES string of the molecule is Cc1ccc(N(c2cc3c4c(c2)C(C)(C)c2cccc5c(N(c6ccc(C)cc6C)c6ccc(C)cc6C)cc(c-4c25)C3(C)C)c2ccc(C)cc2C)c(C)c1. The van der Waals surface area contributed by atoms with Gasteiger partial charge in [-0.25, -0.2) is 0 Å². The first-order valence-corrected chi connectivity index (χ1v) is 20.3. The fraction of sp³-hybridized carbons (Fsp3) is 0.259. The molecule has 0 spiro atoms. The predicted octanol–water partition coefficient (Wildman–Crippen LogP) is 15.2. The molecule has 0 fully saturated rings. The minimum atomic E-state index is -0.251. The fourth-order valence-corrected chi connectivity index (χ4v) is 10.2. The Morgan fingerprint density at radius 1 is 0.357 bits per heavy atom. The van der Waals surface area contributed by atoms with E-state index >= 15 is 0 Å². The highest BCUT2D eigenvalue weighted by Gasteiger charge is 2.46. The summed E-state index contributed by atoms with van der Waals surface area (Å²) in [6.07, 6.45) is 0.